The average molecular weight is 367 g/mol. The average Bonchev–Trinajstić information content (AvgIpc) is 2.70. The maximum Gasteiger partial charge on any atom is 0.270 e. The predicted octanol–water partition coefficient (Wildman–Crippen LogP) is 0.469. The first kappa shape index (κ1) is 19.0. The molecule has 2 aromatic rings. The van der Waals surface area contributed by atoms with Gasteiger partial charge in [0.1, 0.15) is 5.69 Å². The van der Waals surface area contributed by atoms with Crippen LogP contribution in [0.15, 0.2) is 42.6 Å². The van der Waals surface area contributed by atoms with E-state index in [1.54, 1.807) is 24.4 Å². The van der Waals surface area contributed by atoms with Crippen LogP contribution < -0.4 is 10.2 Å². The van der Waals surface area contributed by atoms with Gasteiger partial charge in [0, 0.05) is 11.8 Å². The van der Waals surface area contributed by atoms with Crippen molar-refractivity contribution in [1.29, 1.82) is 0 Å². The lowest BCUT2D eigenvalue weighted by Crippen LogP contribution is -3.15. The second-order valence-electron chi connectivity index (χ2n) is 7.06. The number of aryl methyl sites for hydroxylation is 2. The van der Waals surface area contributed by atoms with Crippen LogP contribution in [0.1, 0.15) is 32.0 Å². The minimum atomic E-state index is -0.140. The van der Waals surface area contributed by atoms with Gasteiger partial charge >= 0.3 is 0 Å². The van der Waals surface area contributed by atoms with Gasteiger partial charge in [-0.1, -0.05) is 12.1 Å². The van der Waals surface area contributed by atoms with Crippen molar-refractivity contribution in [3.05, 3.63) is 65.0 Å². The number of benzene rings is 1. The molecule has 0 bridgehead atoms. The molecule has 0 radical (unpaired) electrons. The van der Waals surface area contributed by atoms with Gasteiger partial charge in [0.15, 0.2) is 0 Å². The summed E-state index contributed by atoms with van der Waals surface area (Å²) in [6.45, 7) is 8.84. The van der Waals surface area contributed by atoms with Gasteiger partial charge in [-0.05, 0) is 49.2 Å². The van der Waals surface area contributed by atoms with Crippen LogP contribution in [0.3, 0.4) is 0 Å². The van der Waals surface area contributed by atoms with Crippen LogP contribution in [-0.2, 0) is 0 Å². The number of nitrogens with one attached hydrogen (secondary N) is 2. The van der Waals surface area contributed by atoms with Crippen molar-refractivity contribution in [1.82, 2.24) is 15.2 Å². The Labute approximate surface area is 160 Å². The number of rotatable bonds is 5. The van der Waals surface area contributed by atoms with Gasteiger partial charge in [-0.15, -0.1) is 0 Å². The van der Waals surface area contributed by atoms with Crippen LogP contribution in [0.2, 0.25) is 0 Å². The van der Waals surface area contributed by atoms with E-state index in [1.165, 1.54) is 10.5 Å². The molecular weight excluding hydrogens is 340 g/mol. The van der Waals surface area contributed by atoms with E-state index in [0.717, 1.165) is 43.9 Å². The number of nitrogens with zero attached hydrogens (tertiary/aromatic N) is 2. The first-order valence-electron chi connectivity index (χ1n) is 9.44. The summed E-state index contributed by atoms with van der Waals surface area (Å²) < 4.78 is 0. The lowest BCUT2D eigenvalue weighted by atomic mass is 10.1. The molecule has 1 saturated heterocycles. The fraction of sp³-hybridized carbons (Fsp3) is 0.381. The SMILES string of the molecule is Cc1ccc(C(=O)N2CC[NH+](CCNC(=O)c3ccccn3)CC2)cc1C. The molecule has 1 aliphatic rings. The van der Waals surface area contributed by atoms with E-state index < -0.39 is 0 Å². The van der Waals surface area contributed by atoms with Crippen LogP contribution in [0.25, 0.3) is 0 Å². The molecule has 1 aromatic carbocycles. The number of pyridine rings is 1. The maximum absolute atomic E-state index is 12.7. The lowest BCUT2D eigenvalue weighted by molar-refractivity contribution is -0.902. The summed E-state index contributed by atoms with van der Waals surface area (Å²) in [7, 11) is 0. The monoisotopic (exact) mass is 367 g/mol. The quantitative estimate of drug-likeness (QED) is 0.807. The minimum Gasteiger partial charge on any atom is -0.345 e. The minimum absolute atomic E-state index is 0.112. The summed E-state index contributed by atoms with van der Waals surface area (Å²) in [6.07, 6.45) is 1.62. The topological polar surface area (TPSA) is 66.7 Å². The third kappa shape index (κ3) is 4.92. The third-order valence-corrected chi connectivity index (χ3v) is 5.17. The predicted molar refractivity (Wildman–Crippen MR) is 104 cm³/mol. The molecule has 1 aliphatic heterocycles. The van der Waals surface area contributed by atoms with Crippen LogP contribution in [0.4, 0.5) is 0 Å². The fourth-order valence-electron chi connectivity index (χ4n) is 3.27. The number of piperazine rings is 1. The molecule has 6 nitrogen and oxygen atoms in total. The Morgan fingerprint density at radius 1 is 1.11 bits per heavy atom. The van der Waals surface area contributed by atoms with Gasteiger partial charge in [-0.2, -0.15) is 0 Å². The number of carbonyl (C=O) groups excluding carboxylic acids is 2. The van der Waals surface area contributed by atoms with E-state index in [2.05, 4.69) is 17.2 Å². The molecule has 2 N–H and O–H groups in total. The molecule has 0 unspecified atom stereocenters. The Morgan fingerprint density at radius 2 is 1.89 bits per heavy atom. The van der Waals surface area contributed by atoms with Crippen molar-refractivity contribution >= 4 is 11.8 Å². The number of amides is 2. The Morgan fingerprint density at radius 3 is 2.56 bits per heavy atom. The largest absolute Gasteiger partial charge is 0.345 e. The summed E-state index contributed by atoms with van der Waals surface area (Å²) in [6, 6.07) is 11.2. The van der Waals surface area contributed by atoms with E-state index in [4.69, 9.17) is 0 Å². The number of hydrogen-bond donors (Lipinski definition) is 2. The number of aromatic nitrogens is 1. The van der Waals surface area contributed by atoms with Crippen LogP contribution in [0, 0.1) is 13.8 Å². The van der Waals surface area contributed by atoms with Gasteiger partial charge in [0.25, 0.3) is 11.8 Å². The van der Waals surface area contributed by atoms with Gasteiger partial charge in [0.2, 0.25) is 0 Å². The first-order valence-corrected chi connectivity index (χ1v) is 9.44. The Kier molecular flexibility index (Phi) is 6.19. The summed E-state index contributed by atoms with van der Waals surface area (Å²) in [4.78, 5) is 32.1. The van der Waals surface area contributed by atoms with E-state index in [0.29, 0.717) is 12.2 Å². The summed E-state index contributed by atoms with van der Waals surface area (Å²) >= 11 is 0. The van der Waals surface area contributed by atoms with Crippen molar-refractivity contribution in [2.24, 2.45) is 0 Å². The molecule has 0 saturated carbocycles. The highest BCUT2D eigenvalue weighted by molar-refractivity contribution is 5.94. The third-order valence-electron chi connectivity index (χ3n) is 5.17. The first-order chi connectivity index (χ1) is 13.0. The van der Waals surface area contributed by atoms with E-state index in [-0.39, 0.29) is 11.8 Å². The molecule has 0 spiro atoms. The van der Waals surface area contributed by atoms with Crippen molar-refractivity contribution in [2.75, 3.05) is 39.3 Å². The second kappa shape index (κ2) is 8.77. The Balaban J connectivity index is 1.43. The Bertz CT molecular complexity index is 799. The highest BCUT2D eigenvalue weighted by Crippen LogP contribution is 2.12. The molecule has 27 heavy (non-hydrogen) atoms. The highest BCUT2D eigenvalue weighted by atomic mass is 16.2. The molecule has 142 valence electrons. The van der Waals surface area contributed by atoms with Crippen molar-refractivity contribution in [3.63, 3.8) is 0 Å². The highest BCUT2D eigenvalue weighted by Gasteiger charge is 2.24. The Hall–Kier alpha value is -2.73. The molecule has 1 aromatic heterocycles. The van der Waals surface area contributed by atoms with Crippen molar-refractivity contribution in [2.45, 2.75) is 13.8 Å². The molecule has 1 fully saturated rings. The number of carbonyl (C=O) groups is 2. The number of quaternary nitrogens is 1. The smallest absolute Gasteiger partial charge is 0.270 e. The molecule has 6 heteroatoms. The normalized spacial score (nSPS) is 14.8. The van der Waals surface area contributed by atoms with E-state index >= 15 is 0 Å². The van der Waals surface area contributed by atoms with Gasteiger partial charge in [-0.25, -0.2) is 0 Å². The van der Waals surface area contributed by atoms with Gasteiger partial charge in [0.05, 0.1) is 39.3 Å². The standard InChI is InChI=1S/C21H26N4O2/c1-16-6-7-18(15-17(16)2)21(27)25-13-11-24(12-14-25)10-9-23-20(26)19-5-3-4-8-22-19/h3-8,15H,9-14H2,1-2H3,(H,23,26)/p+1. The van der Waals surface area contributed by atoms with Crippen molar-refractivity contribution < 1.29 is 14.5 Å². The van der Waals surface area contributed by atoms with E-state index in [9.17, 15) is 9.59 Å². The van der Waals surface area contributed by atoms with Crippen LogP contribution >= 0.6 is 0 Å². The molecule has 0 atom stereocenters. The zero-order valence-corrected chi connectivity index (χ0v) is 16.0. The fourth-order valence-corrected chi connectivity index (χ4v) is 3.27. The van der Waals surface area contributed by atoms with Crippen LogP contribution in [0.5, 0.6) is 0 Å². The maximum atomic E-state index is 12.7. The second-order valence-corrected chi connectivity index (χ2v) is 7.06. The zero-order valence-electron chi connectivity index (χ0n) is 16.0. The molecular formula is C21H27N4O2+. The summed E-state index contributed by atoms with van der Waals surface area (Å²) in [5.41, 5.74) is 3.56. The summed E-state index contributed by atoms with van der Waals surface area (Å²) in [5.74, 6) is -0.0286. The van der Waals surface area contributed by atoms with Crippen molar-refractivity contribution in [3.8, 4) is 0 Å². The zero-order chi connectivity index (χ0) is 19.2. The number of hydrogen-bond acceptors (Lipinski definition) is 3. The summed E-state index contributed by atoms with van der Waals surface area (Å²) in [5, 5.41) is 2.91. The van der Waals surface area contributed by atoms with E-state index in [1.807, 2.05) is 30.0 Å². The molecule has 0 aliphatic carbocycles. The van der Waals surface area contributed by atoms with Gasteiger partial charge < -0.3 is 15.1 Å². The van der Waals surface area contributed by atoms with Crippen LogP contribution in [-0.4, -0.2) is 61.0 Å². The molecule has 3 rings (SSSR count). The molecule has 2 amide bonds. The lowest BCUT2D eigenvalue weighted by Gasteiger charge is -2.32. The molecule has 2 heterocycles. The van der Waals surface area contributed by atoms with Gasteiger partial charge in [-0.3, -0.25) is 14.6 Å².